The van der Waals surface area contributed by atoms with E-state index in [9.17, 15) is 0 Å². The summed E-state index contributed by atoms with van der Waals surface area (Å²) in [5.74, 6) is 0. The molecule has 0 aromatic heterocycles. The van der Waals surface area contributed by atoms with Gasteiger partial charge in [-0.05, 0) is 24.6 Å². The Hall–Kier alpha value is -0.0231. The van der Waals surface area contributed by atoms with Crippen molar-refractivity contribution in [3.63, 3.8) is 0 Å². The molecular formula is C22H48O6Si. The molecule has 29 heavy (non-hydrogen) atoms. The van der Waals surface area contributed by atoms with E-state index in [4.69, 9.17) is 28.1 Å². The number of hydrogen-bond donors (Lipinski definition) is 0. The summed E-state index contributed by atoms with van der Waals surface area (Å²) >= 11 is 0. The van der Waals surface area contributed by atoms with Crippen LogP contribution < -0.4 is 0 Å². The second-order valence-corrected chi connectivity index (χ2v) is 13.5. The van der Waals surface area contributed by atoms with Gasteiger partial charge in [0, 0.05) is 6.61 Å². The molecule has 0 N–H and O–H groups in total. The zero-order valence-corrected chi connectivity index (χ0v) is 21.1. The van der Waals surface area contributed by atoms with E-state index in [2.05, 4.69) is 40.8 Å². The van der Waals surface area contributed by atoms with E-state index >= 15 is 0 Å². The first-order valence-corrected chi connectivity index (χ1v) is 14.2. The molecule has 0 rings (SSSR count). The first kappa shape index (κ1) is 29.0. The second-order valence-electron chi connectivity index (χ2n) is 8.73. The molecule has 0 amide bonds. The summed E-state index contributed by atoms with van der Waals surface area (Å²) in [5, 5.41) is 0.239. The minimum Gasteiger partial charge on any atom is -0.414 e. The Morgan fingerprint density at radius 1 is 0.517 bits per heavy atom. The standard InChI is InChI=1S/C22H48O6Si/c1-7-8-9-10-11-23-12-13-24-14-15-25-16-17-26-18-19-27-20-21-28-29(5,6)22(2,3)4/h7-21H2,1-6H3. The molecule has 0 unspecified atom stereocenters. The van der Waals surface area contributed by atoms with Crippen LogP contribution in [-0.4, -0.2) is 81.0 Å². The molecule has 0 atom stereocenters. The lowest BCUT2D eigenvalue weighted by Gasteiger charge is -2.36. The fourth-order valence-corrected chi connectivity index (χ4v) is 3.21. The van der Waals surface area contributed by atoms with Gasteiger partial charge in [0.2, 0.25) is 0 Å². The van der Waals surface area contributed by atoms with Crippen molar-refractivity contribution in [1.82, 2.24) is 0 Å². The Balaban J connectivity index is 3.17. The average molecular weight is 437 g/mol. The van der Waals surface area contributed by atoms with Crippen molar-refractivity contribution >= 4 is 8.32 Å². The van der Waals surface area contributed by atoms with E-state index in [1.165, 1.54) is 19.3 Å². The third-order valence-electron chi connectivity index (χ3n) is 5.13. The van der Waals surface area contributed by atoms with E-state index in [0.717, 1.165) is 13.0 Å². The SMILES string of the molecule is CCCCCCOCCOCCOCCOCCOCCO[Si](C)(C)C(C)(C)C. The zero-order valence-electron chi connectivity index (χ0n) is 20.1. The van der Waals surface area contributed by atoms with E-state index in [1.54, 1.807) is 0 Å². The van der Waals surface area contributed by atoms with Crippen LogP contribution in [0.4, 0.5) is 0 Å². The second kappa shape index (κ2) is 18.7. The molecule has 0 saturated heterocycles. The van der Waals surface area contributed by atoms with Crippen molar-refractivity contribution in [3.8, 4) is 0 Å². The van der Waals surface area contributed by atoms with Gasteiger partial charge in [0.15, 0.2) is 8.32 Å². The van der Waals surface area contributed by atoms with Gasteiger partial charge < -0.3 is 28.1 Å². The summed E-state index contributed by atoms with van der Waals surface area (Å²) in [6, 6.07) is 0. The van der Waals surface area contributed by atoms with Crippen molar-refractivity contribution in [2.24, 2.45) is 0 Å². The highest BCUT2D eigenvalue weighted by Gasteiger charge is 2.36. The van der Waals surface area contributed by atoms with Gasteiger partial charge in [0.1, 0.15) is 0 Å². The molecule has 0 fully saturated rings. The largest absolute Gasteiger partial charge is 0.414 e. The quantitative estimate of drug-likeness (QED) is 0.192. The van der Waals surface area contributed by atoms with Gasteiger partial charge >= 0.3 is 0 Å². The molecule has 0 heterocycles. The molecule has 0 aliphatic heterocycles. The smallest absolute Gasteiger partial charge is 0.192 e. The predicted molar refractivity (Wildman–Crippen MR) is 121 cm³/mol. The first-order chi connectivity index (χ1) is 13.8. The van der Waals surface area contributed by atoms with Crippen LogP contribution in [0.15, 0.2) is 0 Å². The summed E-state index contributed by atoms with van der Waals surface area (Å²) in [5.41, 5.74) is 0. The van der Waals surface area contributed by atoms with Gasteiger partial charge in [-0.25, -0.2) is 0 Å². The van der Waals surface area contributed by atoms with Gasteiger partial charge in [-0.1, -0.05) is 47.0 Å². The molecule has 0 radical (unpaired) electrons. The third kappa shape index (κ3) is 18.5. The Kier molecular flexibility index (Phi) is 18.7. The lowest BCUT2D eigenvalue weighted by atomic mass is 10.2. The van der Waals surface area contributed by atoms with E-state index in [-0.39, 0.29) is 5.04 Å². The van der Waals surface area contributed by atoms with Crippen molar-refractivity contribution < 1.29 is 28.1 Å². The zero-order chi connectivity index (χ0) is 21.8. The minimum atomic E-state index is -1.66. The van der Waals surface area contributed by atoms with E-state index in [0.29, 0.717) is 66.1 Å². The minimum absolute atomic E-state index is 0.239. The maximum Gasteiger partial charge on any atom is 0.192 e. The topological polar surface area (TPSA) is 55.4 Å². The Morgan fingerprint density at radius 3 is 1.28 bits per heavy atom. The summed E-state index contributed by atoms with van der Waals surface area (Å²) in [6.07, 6.45) is 4.95. The maximum atomic E-state index is 6.06. The van der Waals surface area contributed by atoms with Crippen LogP contribution in [0.2, 0.25) is 18.1 Å². The van der Waals surface area contributed by atoms with Gasteiger partial charge in [0.25, 0.3) is 0 Å². The van der Waals surface area contributed by atoms with Crippen LogP contribution in [0.25, 0.3) is 0 Å². The van der Waals surface area contributed by atoms with Gasteiger partial charge in [-0.15, -0.1) is 0 Å². The highest BCUT2D eigenvalue weighted by molar-refractivity contribution is 6.74. The molecule has 0 aromatic carbocycles. The van der Waals surface area contributed by atoms with Crippen molar-refractivity contribution in [2.45, 2.75) is 71.5 Å². The molecule has 0 aromatic rings. The maximum absolute atomic E-state index is 6.06. The van der Waals surface area contributed by atoms with Gasteiger partial charge in [-0.3, -0.25) is 0 Å². The fraction of sp³-hybridized carbons (Fsp3) is 1.00. The van der Waals surface area contributed by atoms with Crippen LogP contribution in [0.3, 0.4) is 0 Å². The molecule has 6 nitrogen and oxygen atoms in total. The summed E-state index contributed by atoms with van der Waals surface area (Å²) < 4.78 is 33.6. The molecular weight excluding hydrogens is 388 g/mol. The number of unbranched alkanes of at least 4 members (excludes halogenated alkanes) is 3. The van der Waals surface area contributed by atoms with Gasteiger partial charge in [0.05, 0.1) is 66.1 Å². The Bertz CT molecular complexity index is 347. The number of hydrogen-bond acceptors (Lipinski definition) is 6. The van der Waals surface area contributed by atoms with Crippen LogP contribution in [0, 0.1) is 0 Å². The molecule has 7 heteroatoms. The molecule has 0 aliphatic carbocycles. The van der Waals surface area contributed by atoms with Crippen molar-refractivity contribution in [2.75, 3.05) is 72.7 Å². The summed E-state index contributed by atoms with van der Waals surface area (Å²) in [4.78, 5) is 0. The van der Waals surface area contributed by atoms with E-state index < -0.39 is 8.32 Å². The van der Waals surface area contributed by atoms with Crippen LogP contribution in [0.1, 0.15) is 53.4 Å². The van der Waals surface area contributed by atoms with Crippen molar-refractivity contribution in [1.29, 1.82) is 0 Å². The molecule has 0 bridgehead atoms. The highest BCUT2D eigenvalue weighted by atomic mass is 28.4. The Labute approximate surface area is 181 Å². The van der Waals surface area contributed by atoms with Gasteiger partial charge in [-0.2, -0.15) is 0 Å². The number of rotatable bonds is 21. The van der Waals surface area contributed by atoms with Crippen LogP contribution in [0.5, 0.6) is 0 Å². The first-order valence-electron chi connectivity index (χ1n) is 11.3. The molecule has 0 aliphatic rings. The van der Waals surface area contributed by atoms with Crippen LogP contribution >= 0.6 is 0 Å². The summed E-state index contributed by atoms with van der Waals surface area (Å²) in [7, 11) is -1.66. The predicted octanol–water partition coefficient (Wildman–Crippen LogP) is 4.67. The average Bonchev–Trinajstić information content (AvgIpc) is 2.65. The van der Waals surface area contributed by atoms with Crippen LogP contribution in [-0.2, 0) is 28.1 Å². The summed E-state index contributed by atoms with van der Waals surface area (Å²) in [6.45, 7) is 20.3. The number of ether oxygens (including phenoxy) is 5. The van der Waals surface area contributed by atoms with Crippen molar-refractivity contribution in [3.05, 3.63) is 0 Å². The lowest BCUT2D eigenvalue weighted by Crippen LogP contribution is -2.41. The molecule has 0 saturated carbocycles. The normalized spacial score (nSPS) is 12.6. The molecule has 0 spiro atoms. The monoisotopic (exact) mass is 436 g/mol. The lowest BCUT2D eigenvalue weighted by molar-refractivity contribution is -0.0131. The highest BCUT2D eigenvalue weighted by Crippen LogP contribution is 2.36. The fourth-order valence-electron chi connectivity index (χ4n) is 2.18. The van der Waals surface area contributed by atoms with E-state index in [1.807, 2.05) is 0 Å². The molecule has 176 valence electrons. The third-order valence-corrected chi connectivity index (χ3v) is 9.67. The Morgan fingerprint density at radius 2 is 0.897 bits per heavy atom.